The molecule has 2 aliphatic rings. The molecular weight excluding hydrogens is 308 g/mol. The Hall–Kier alpha value is -1.73. The van der Waals surface area contributed by atoms with Crippen molar-refractivity contribution in [1.29, 1.82) is 0 Å². The van der Waals surface area contributed by atoms with Crippen LogP contribution in [0.5, 0.6) is 6.01 Å². The van der Waals surface area contributed by atoms with Crippen LogP contribution in [-0.2, 0) is 4.74 Å². The lowest BCUT2D eigenvalue weighted by Gasteiger charge is -2.40. The first-order valence-electron chi connectivity index (χ1n) is 8.72. The summed E-state index contributed by atoms with van der Waals surface area (Å²) in [5.41, 5.74) is 0.466. The number of nitrogens with one attached hydrogen (secondary N) is 1. The van der Waals surface area contributed by atoms with E-state index in [9.17, 15) is 4.79 Å². The van der Waals surface area contributed by atoms with Crippen LogP contribution in [0.2, 0.25) is 0 Å². The summed E-state index contributed by atoms with van der Waals surface area (Å²) < 4.78 is 10.4. The third kappa shape index (κ3) is 4.42. The second-order valence-electron chi connectivity index (χ2n) is 6.52. The number of hydrogen-bond donors (Lipinski definition) is 1. The number of hydrogen-bond acceptors (Lipinski definition) is 6. The van der Waals surface area contributed by atoms with Crippen LogP contribution in [0.15, 0.2) is 12.4 Å². The van der Waals surface area contributed by atoms with E-state index >= 15 is 0 Å². The predicted octanol–water partition coefficient (Wildman–Crippen LogP) is 1.11. The Morgan fingerprint density at radius 2 is 2.08 bits per heavy atom. The van der Waals surface area contributed by atoms with E-state index in [0.717, 1.165) is 32.6 Å². The Bertz CT molecular complexity index is 531. The molecular formula is C17H26N4O3. The van der Waals surface area contributed by atoms with Crippen LogP contribution < -0.4 is 10.1 Å². The van der Waals surface area contributed by atoms with Gasteiger partial charge in [-0.05, 0) is 38.1 Å². The molecule has 1 atom stereocenters. The van der Waals surface area contributed by atoms with Gasteiger partial charge in [-0.3, -0.25) is 9.69 Å². The van der Waals surface area contributed by atoms with Gasteiger partial charge in [-0.25, -0.2) is 9.97 Å². The van der Waals surface area contributed by atoms with E-state index in [2.05, 4.69) is 20.2 Å². The third-order valence-corrected chi connectivity index (χ3v) is 4.88. The second-order valence-corrected chi connectivity index (χ2v) is 6.52. The van der Waals surface area contributed by atoms with Crippen LogP contribution in [0.4, 0.5) is 0 Å². The van der Waals surface area contributed by atoms with Crippen molar-refractivity contribution in [2.75, 3.05) is 40.0 Å². The fourth-order valence-corrected chi connectivity index (χ4v) is 3.52. The van der Waals surface area contributed by atoms with E-state index in [1.54, 1.807) is 0 Å². The quantitative estimate of drug-likeness (QED) is 0.869. The smallest absolute Gasteiger partial charge is 0.316 e. The molecule has 1 N–H and O–H groups in total. The van der Waals surface area contributed by atoms with E-state index in [0.29, 0.717) is 24.1 Å². The van der Waals surface area contributed by atoms with Crippen molar-refractivity contribution in [2.45, 2.75) is 31.7 Å². The molecule has 2 aliphatic heterocycles. The third-order valence-electron chi connectivity index (χ3n) is 4.88. The van der Waals surface area contributed by atoms with Crippen LogP contribution in [0, 0.1) is 5.92 Å². The van der Waals surface area contributed by atoms with Crippen molar-refractivity contribution in [3.63, 3.8) is 0 Å². The molecule has 2 saturated heterocycles. The Balaban J connectivity index is 1.47. The molecule has 1 aromatic heterocycles. The number of ether oxygens (including phenoxy) is 2. The van der Waals surface area contributed by atoms with Crippen molar-refractivity contribution in [3.8, 4) is 6.01 Å². The molecule has 0 spiro atoms. The summed E-state index contributed by atoms with van der Waals surface area (Å²) >= 11 is 0. The number of piperidine rings is 1. The Labute approximate surface area is 142 Å². The maximum Gasteiger partial charge on any atom is 0.316 e. The summed E-state index contributed by atoms with van der Waals surface area (Å²) in [5.74, 6) is 0.380. The fraction of sp³-hybridized carbons (Fsp3) is 0.706. The zero-order valence-corrected chi connectivity index (χ0v) is 14.2. The van der Waals surface area contributed by atoms with Gasteiger partial charge in [0.25, 0.3) is 5.91 Å². The van der Waals surface area contributed by atoms with Crippen molar-refractivity contribution < 1.29 is 14.3 Å². The SMILES string of the molecule is COc1ncc(C(=O)NC[C@H]2CCCN(C3CCOCC3)C2)cn1. The van der Waals surface area contributed by atoms with Crippen LogP contribution in [0.3, 0.4) is 0 Å². The van der Waals surface area contributed by atoms with Crippen LogP contribution in [0.1, 0.15) is 36.0 Å². The maximum absolute atomic E-state index is 12.2. The number of amides is 1. The number of carbonyl (C=O) groups is 1. The molecule has 0 aromatic carbocycles. The molecule has 132 valence electrons. The van der Waals surface area contributed by atoms with E-state index in [-0.39, 0.29) is 11.9 Å². The van der Waals surface area contributed by atoms with Crippen molar-refractivity contribution >= 4 is 5.91 Å². The molecule has 3 heterocycles. The number of aromatic nitrogens is 2. The summed E-state index contributed by atoms with van der Waals surface area (Å²) in [4.78, 5) is 22.7. The lowest BCUT2D eigenvalue weighted by molar-refractivity contribution is 0.0179. The van der Waals surface area contributed by atoms with Gasteiger partial charge in [0, 0.05) is 44.7 Å². The first-order valence-corrected chi connectivity index (χ1v) is 8.72. The van der Waals surface area contributed by atoms with E-state index in [1.165, 1.54) is 38.9 Å². The molecule has 7 heteroatoms. The monoisotopic (exact) mass is 334 g/mol. The van der Waals surface area contributed by atoms with Gasteiger partial charge in [0.05, 0.1) is 12.7 Å². The predicted molar refractivity (Wildman–Crippen MR) is 89.1 cm³/mol. The van der Waals surface area contributed by atoms with E-state index in [1.807, 2.05) is 0 Å². The van der Waals surface area contributed by atoms with Gasteiger partial charge in [-0.2, -0.15) is 0 Å². The molecule has 1 aromatic rings. The number of rotatable bonds is 5. The average Bonchev–Trinajstić information content (AvgIpc) is 2.67. The van der Waals surface area contributed by atoms with Crippen LogP contribution >= 0.6 is 0 Å². The highest BCUT2D eigenvalue weighted by molar-refractivity contribution is 5.93. The summed E-state index contributed by atoms with van der Waals surface area (Å²) in [6.45, 7) is 4.68. The summed E-state index contributed by atoms with van der Waals surface area (Å²) in [7, 11) is 1.50. The van der Waals surface area contributed by atoms with Crippen LogP contribution in [0.25, 0.3) is 0 Å². The highest BCUT2D eigenvalue weighted by Gasteiger charge is 2.27. The van der Waals surface area contributed by atoms with Gasteiger partial charge in [0.1, 0.15) is 0 Å². The first-order chi connectivity index (χ1) is 11.8. The molecule has 0 aliphatic carbocycles. The molecule has 7 nitrogen and oxygen atoms in total. The summed E-state index contributed by atoms with van der Waals surface area (Å²) in [5, 5.41) is 3.02. The number of carbonyl (C=O) groups excluding carboxylic acids is 1. The molecule has 24 heavy (non-hydrogen) atoms. The van der Waals surface area contributed by atoms with Crippen molar-refractivity contribution in [3.05, 3.63) is 18.0 Å². The zero-order valence-electron chi connectivity index (χ0n) is 14.2. The lowest BCUT2D eigenvalue weighted by atomic mass is 9.94. The van der Waals surface area contributed by atoms with Crippen molar-refractivity contribution in [1.82, 2.24) is 20.2 Å². The zero-order chi connectivity index (χ0) is 16.8. The minimum Gasteiger partial charge on any atom is -0.467 e. The van der Waals surface area contributed by atoms with E-state index < -0.39 is 0 Å². The summed E-state index contributed by atoms with van der Waals surface area (Å²) in [6.07, 6.45) is 7.61. The standard InChI is InChI=1S/C17H26N4O3/c1-23-17-19-10-14(11-20-17)16(22)18-9-13-3-2-6-21(12-13)15-4-7-24-8-5-15/h10-11,13,15H,2-9,12H2,1H3,(H,18,22)/t13-/m1/s1. The van der Waals surface area contributed by atoms with Gasteiger partial charge >= 0.3 is 6.01 Å². The highest BCUT2D eigenvalue weighted by Crippen LogP contribution is 2.22. The van der Waals surface area contributed by atoms with Gasteiger partial charge < -0.3 is 14.8 Å². The van der Waals surface area contributed by atoms with Gasteiger partial charge in [0.2, 0.25) is 0 Å². The molecule has 0 radical (unpaired) electrons. The Morgan fingerprint density at radius 3 is 2.79 bits per heavy atom. The number of nitrogens with zero attached hydrogens (tertiary/aromatic N) is 3. The fourth-order valence-electron chi connectivity index (χ4n) is 3.52. The molecule has 3 rings (SSSR count). The normalized spacial score (nSPS) is 23.0. The molecule has 1 amide bonds. The summed E-state index contributed by atoms with van der Waals surface area (Å²) in [6, 6.07) is 0.915. The Morgan fingerprint density at radius 1 is 1.33 bits per heavy atom. The number of likely N-dealkylation sites (tertiary alicyclic amines) is 1. The lowest BCUT2D eigenvalue weighted by Crippen LogP contribution is -2.47. The van der Waals surface area contributed by atoms with Gasteiger partial charge in [0.15, 0.2) is 0 Å². The first kappa shape index (κ1) is 17.1. The van der Waals surface area contributed by atoms with Crippen LogP contribution in [-0.4, -0.2) is 66.8 Å². The van der Waals surface area contributed by atoms with Gasteiger partial charge in [-0.15, -0.1) is 0 Å². The maximum atomic E-state index is 12.2. The van der Waals surface area contributed by atoms with Crippen molar-refractivity contribution in [2.24, 2.45) is 5.92 Å². The molecule has 0 saturated carbocycles. The Kier molecular flexibility index (Phi) is 5.98. The topological polar surface area (TPSA) is 76.6 Å². The largest absolute Gasteiger partial charge is 0.467 e. The second kappa shape index (κ2) is 8.39. The van der Waals surface area contributed by atoms with E-state index in [4.69, 9.17) is 9.47 Å². The molecule has 0 bridgehead atoms. The molecule has 2 fully saturated rings. The minimum absolute atomic E-state index is 0.124. The molecule has 0 unspecified atom stereocenters. The number of methoxy groups -OCH3 is 1. The highest BCUT2D eigenvalue weighted by atomic mass is 16.5. The minimum atomic E-state index is -0.124. The average molecular weight is 334 g/mol. The van der Waals surface area contributed by atoms with Gasteiger partial charge in [-0.1, -0.05) is 0 Å².